The van der Waals surface area contributed by atoms with E-state index in [-0.39, 0.29) is 11.3 Å². The van der Waals surface area contributed by atoms with Gasteiger partial charge in [0, 0.05) is 18.4 Å². The molecule has 1 aliphatic carbocycles. The zero-order valence-electron chi connectivity index (χ0n) is 9.95. The van der Waals surface area contributed by atoms with Crippen LogP contribution in [0.25, 0.3) is 0 Å². The molecule has 1 saturated carbocycles. The van der Waals surface area contributed by atoms with Crippen LogP contribution in [0.4, 0.5) is 0 Å². The number of carbonyl (C=O) groups excluding carboxylic acids is 1. The molecule has 1 N–H and O–H groups in total. The second kappa shape index (κ2) is 4.58. The lowest BCUT2D eigenvalue weighted by molar-refractivity contribution is -0.121. The summed E-state index contributed by atoms with van der Waals surface area (Å²) >= 11 is 1.71. The van der Waals surface area contributed by atoms with Crippen LogP contribution in [0, 0.1) is 5.92 Å². The Labute approximate surface area is 101 Å². The maximum absolute atomic E-state index is 11.6. The Bertz CT molecular complexity index is 352. The van der Waals surface area contributed by atoms with E-state index < -0.39 is 0 Å². The number of amides is 1. The van der Waals surface area contributed by atoms with E-state index in [1.54, 1.807) is 11.3 Å². The first-order valence-electron chi connectivity index (χ1n) is 5.87. The third-order valence-corrected chi connectivity index (χ3v) is 3.88. The van der Waals surface area contributed by atoms with Crippen LogP contribution >= 0.6 is 11.3 Å². The molecule has 16 heavy (non-hydrogen) atoms. The van der Waals surface area contributed by atoms with Gasteiger partial charge >= 0.3 is 0 Å². The first-order chi connectivity index (χ1) is 7.58. The van der Waals surface area contributed by atoms with E-state index in [9.17, 15) is 4.79 Å². The lowest BCUT2D eigenvalue weighted by Crippen LogP contribution is -2.36. The minimum absolute atomic E-state index is 0.0409. The second-order valence-electron chi connectivity index (χ2n) is 5.32. The van der Waals surface area contributed by atoms with E-state index >= 15 is 0 Å². The van der Waals surface area contributed by atoms with Crippen molar-refractivity contribution in [3.63, 3.8) is 0 Å². The van der Waals surface area contributed by atoms with Crippen LogP contribution < -0.4 is 5.32 Å². The van der Waals surface area contributed by atoms with Crippen molar-refractivity contribution in [3.8, 4) is 0 Å². The van der Waals surface area contributed by atoms with Gasteiger partial charge in [0.1, 0.15) is 0 Å². The molecule has 1 aromatic heterocycles. The van der Waals surface area contributed by atoms with Gasteiger partial charge < -0.3 is 5.32 Å². The van der Waals surface area contributed by atoms with Gasteiger partial charge in [0.25, 0.3) is 0 Å². The maximum Gasteiger partial charge on any atom is 0.220 e. The lowest BCUT2D eigenvalue weighted by atomic mass is 9.86. The fourth-order valence-corrected chi connectivity index (χ4v) is 2.58. The van der Waals surface area contributed by atoms with Crippen molar-refractivity contribution in [2.24, 2.45) is 5.92 Å². The summed E-state index contributed by atoms with van der Waals surface area (Å²) in [7, 11) is 0. The molecule has 88 valence electrons. The molecule has 0 bridgehead atoms. The number of carbonyl (C=O) groups is 1. The van der Waals surface area contributed by atoms with Crippen LogP contribution in [0.15, 0.2) is 16.8 Å². The third-order valence-electron chi connectivity index (χ3n) is 3.20. The van der Waals surface area contributed by atoms with Gasteiger partial charge in [-0.25, -0.2) is 0 Å². The topological polar surface area (TPSA) is 29.1 Å². The average molecular weight is 237 g/mol. The molecule has 0 radical (unpaired) electrons. The molecule has 2 rings (SSSR count). The van der Waals surface area contributed by atoms with Gasteiger partial charge in [-0.3, -0.25) is 4.79 Å². The van der Waals surface area contributed by atoms with Gasteiger partial charge in [0.15, 0.2) is 0 Å². The summed E-state index contributed by atoms with van der Waals surface area (Å²) in [5.41, 5.74) is 1.35. The monoisotopic (exact) mass is 237 g/mol. The quantitative estimate of drug-likeness (QED) is 0.838. The number of nitrogens with one attached hydrogen (secondary N) is 1. The molecule has 0 aliphatic heterocycles. The van der Waals surface area contributed by atoms with Crippen molar-refractivity contribution >= 4 is 17.2 Å². The molecule has 1 aromatic rings. The predicted octanol–water partition coefficient (Wildman–Crippen LogP) is 2.94. The molecule has 1 fully saturated rings. The Morgan fingerprint density at radius 1 is 1.56 bits per heavy atom. The van der Waals surface area contributed by atoms with E-state index in [0.717, 1.165) is 13.0 Å². The first-order valence-corrected chi connectivity index (χ1v) is 6.81. The summed E-state index contributed by atoms with van der Waals surface area (Å²) in [5, 5.41) is 7.29. The van der Waals surface area contributed by atoms with Crippen LogP contribution in [-0.2, 0) is 10.2 Å². The molecular formula is C13H19NOS. The summed E-state index contributed by atoms with van der Waals surface area (Å²) in [4.78, 5) is 11.6. The first kappa shape index (κ1) is 11.6. The number of thiophene rings is 1. The minimum Gasteiger partial charge on any atom is -0.355 e. The summed E-state index contributed by atoms with van der Waals surface area (Å²) in [6.07, 6.45) is 3.20. The smallest absolute Gasteiger partial charge is 0.220 e. The molecule has 2 nitrogen and oxygen atoms in total. The van der Waals surface area contributed by atoms with Crippen molar-refractivity contribution in [2.45, 2.75) is 38.5 Å². The number of hydrogen-bond acceptors (Lipinski definition) is 2. The van der Waals surface area contributed by atoms with Gasteiger partial charge in [-0.05, 0) is 41.1 Å². The summed E-state index contributed by atoms with van der Waals surface area (Å²) in [6, 6.07) is 2.14. The molecule has 0 atom stereocenters. The van der Waals surface area contributed by atoms with Crippen LogP contribution in [0.3, 0.4) is 0 Å². The average Bonchev–Trinajstić information content (AvgIpc) is 2.86. The Hall–Kier alpha value is -0.830. The van der Waals surface area contributed by atoms with E-state index in [0.29, 0.717) is 5.92 Å². The van der Waals surface area contributed by atoms with E-state index in [4.69, 9.17) is 0 Å². The van der Waals surface area contributed by atoms with Crippen LogP contribution in [-0.4, -0.2) is 12.5 Å². The Morgan fingerprint density at radius 3 is 2.88 bits per heavy atom. The van der Waals surface area contributed by atoms with Crippen LogP contribution in [0.1, 0.15) is 38.7 Å². The van der Waals surface area contributed by atoms with Crippen LogP contribution in [0.2, 0.25) is 0 Å². The minimum atomic E-state index is 0.0409. The highest BCUT2D eigenvalue weighted by molar-refractivity contribution is 7.08. The molecule has 0 spiro atoms. The summed E-state index contributed by atoms with van der Waals surface area (Å²) in [6.45, 7) is 5.08. The molecule has 3 heteroatoms. The maximum atomic E-state index is 11.6. The van der Waals surface area contributed by atoms with Gasteiger partial charge in [-0.15, -0.1) is 0 Å². The van der Waals surface area contributed by atoms with Gasteiger partial charge in [0.2, 0.25) is 5.91 Å². The highest BCUT2D eigenvalue weighted by Gasteiger charge is 2.26. The van der Waals surface area contributed by atoms with E-state index in [2.05, 4.69) is 36.0 Å². The van der Waals surface area contributed by atoms with E-state index in [1.807, 2.05) is 0 Å². The Morgan fingerprint density at radius 2 is 2.31 bits per heavy atom. The van der Waals surface area contributed by atoms with Crippen molar-refractivity contribution in [1.82, 2.24) is 5.32 Å². The summed E-state index contributed by atoms with van der Waals surface area (Å²) in [5.74, 6) is 0.884. The highest BCUT2D eigenvalue weighted by Crippen LogP contribution is 2.32. The number of rotatable bonds is 5. The van der Waals surface area contributed by atoms with Gasteiger partial charge in [-0.1, -0.05) is 13.8 Å². The SMILES string of the molecule is CC(C)(CNC(=O)CC1CC1)c1ccsc1. The summed E-state index contributed by atoms with van der Waals surface area (Å²) < 4.78 is 0. The standard InChI is InChI=1S/C13H19NOS/c1-13(2,11-5-6-16-8-11)9-14-12(15)7-10-3-4-10/h5-6,8,10H,3-4,7,9H2,1-2H3,(H,14,15). The predicted molar refractivity (Wildman–Crippen MR) is 67.7 cm³/mol. The normalized spacial score (nSPS) is 16.1. The van der Waals surface area contributed by atoms with Crippen molar-refractivity contribution in [2.75, 3.05) is 6.54 Å². The third kappa shape index (κ3) is 3.08. The molecule has 0 unspecified atom stereocenters. The molecule has 1 amide bonds. The number of hydrogen-bond donors (Lipinski definition) is 1. The van der Waals surface area contributed by atoms with Crippen molar-refractivity contribution in [3.05, 3.63) is 22.4 Å². The zero-order valence-corrected chi connectivity index (χ0v) is 10.8. The molecule has 1 heterocycles. The van der Waals surface area contributed by atoms with E-state index in [1.165, 1.54) is 18.4 Å². The van der Waals surface area contributed by atoms with Crippen LogP contribution in [0.5, 0.6) is 0 Å². The fourth-order valence-electron chi connectivity index (χ4n) is 1.73. The molecular weight excluding hydrogens is 218 g/mol. The zero-order chi connectivity index (χ0) is 11.6. The van der Waals surface area contributed by atoms with Crippen molar-refractivity contribution in [1.29, 1.82) is 0 Å². The van der Waals surface area contributed by atoms with Crippen molar-refractivity contribution < 1.29 is 4.79 Å². The lowest BCUT2D eigenvalue weighted by Gasteiger charge is -2.24. The Kier molecular flexibility index (Phi) is 3.33. The molecule has 0 aromatic carbocycles. The van der Waals surface area contributed by atoms with Gasteiger partial charge in [0.05, 0.1) is 0 Å². The molecule has 1 aliphatic rings. The molecule has 0 saturated heterocycles. The van der Waals surface area contributed by atoms with Gasteiger partial charge in [-0.2, -0.15) is 11.3 Å². The highest BCUT2D eigenvalue weighted by atomic mass is 32.1. The fraction of sp³-hybridized carbons (Fsp3) is 0.615. The second-order valence-corrected chi connectivity index (χ2v) is 6.10. The largest absolute Gasteiger partial charge is 0.355 e. The Balaban J connectivity index is 1.81.